The van der Waals surface area contributed by atoms with E-state index in [2.05, 4.69) is 10.1 Å². The van der Waals surface area contributed by atoms with E-state index in [1.54, 1.807) is 12.3 Å². The molecule has 0 saturated carbocycles. The van der Waals surface area contributed by atoms with Crippen molar-refractivity contribution in [1.82, 2.24) is 4.98 Å². The smallest absolute Gasteiger partial charge is 0.303 e. The molecule has 1 heterocycles. The number of hydrogen-bond acceptors (Lipinski definition) is 6. The number of hydrogen-bond donors (Lipinski definition) is 1. The maximum Gasteiger partial charge on any atom is 0.303 e. The minimum atomic E-state index is -0.823. The van der Waals surface area contributed by atoms with Crippen molar-refractivity contribution >= 4 is 11.9 Å². The standard InChI is InChI=1S/C24H24N2O5/c1-29-26-24(21-5-3-2-4-6-21)31-17-20-9-7-19(8-10-20)16-30-22-13-11-18(15-25-22)12-14-23(27)28/h2-11,13,15H,12,14,16-17H2,1H3,(H,27,28)/b26-24-. The third-order valence-electron chi connectivity index (χ3n) is 4.41. The average molecular weight is 420 g/mol. The Bertz CT molecular complexity index is 987. The molecule has 0 bridgehead atoms. The van der Waals surface area contributed by atoms with Gasteiger partial charge in [0.15, 0.2) is 0 Å². The molecule has 0 aliphatic carbocycles. The Kier molecular flexibility index (Phi) is 7.99. The Morgan fingerprint density at radius 3 is 2.23 bits per heavy atom. The van der Waals surface area contributed by atoms with Gasteiger partial charge in [-0.1, -0.05) is 48.5 Å². The zero-order valence-electron chi connectivity index (χ0n) is 17.2. The van der Waals surface area contributed by atoms with Gasteiger partial charge in [-0.2, -0.15) is 0 Å². The Morgan fingerprint density at radius 1 is 0.935 bits per heavy atom. The number of rotatable bonds is 10. The van der Waals surface area contributed by atoms with Crippen LogP contribution in [0.25, 0.3) is 0 Å². The van der Waals surface area contributed by atoms with Gasteiger partial charge in [0.1, 0.15) is 20.3 Å². The van der Waals surface area contributed by atoms with Gasteiger partial charge in [0.05, 0.1) is 0 Å². The number of carboxylic acids is 1. The first kappa shape index (κ1) is 21.8. The molecular weight excluding hydrogens is 396 g/mol. The summed E-state index contributed by atoms with van der Waals surface area (Å²) in [6.07, 6.45) is 2.18. The lowest BCUT2D eigenvalue weighted by Gasteiger charge is -2.10. The molecule has 0 radical (unpaired) electrons. The molecule has 0 amide bonds. The highest BCUT2D eigenvalue weighted by molar-refractivity contribution is 5.93. The normalized spacial score (nSPS) is 11.1. The molecule has 1 aromatic heterocycles. The molecule has 0 fully saturated rings. The van der Waals surface area contributed by atoms with Gasteiger partial charge < -0.3 is 19.4 Å². The first-order valence-electron chi connectivity index (χ1n) is 9.81. The number of aliphatic carboxylic acids is 1. The molecule has 0 unspecified atom stereocenters. The summed E-state index contributed by atoms with van der Waals surface area (Å²) in [7, 11) is 1.49. The number of aromatic nitrogens is 1. The molecule has 0 aliphatic rings. The molecule has 0 spiro atoms. The number of carbonyl (C=O) groups is 1. The van der Waals surface area contributed by atoms with Crippen molar-refractivity contribution in [2.24, 2.45) is 5.16 Å². The molecule has 1 N–H and O–H groups in total. The topological polar surface area (TPSA) is 90.2 Å². The van der Waals surface area contributed by atoms with E-state index in [-0.39, 0.29) is 6.42 Å². The fourth-order valence-electron chi connectivity index (χ4n) is 2.76. The monoisotopic (exact) mass is 420 g/mol. The van der Waals surface area contributed by atoms with Crippen LogP contribution in [0.1, 0.15) is 28.7 Å². The minimum absolute atomic E-state index is 0.0854. The summed E-state index contributed by atoms with van der Waals surface area (Å²) in [6.45, 7) is 0.737. The highest BCUT2D eigenvalue weighted by Gasteiger charge is 2.06. The van der Waals surface area contributed by atoms with Crippen LogP contribution in [0.3, 0.4) is 0 Å². The lowest BCUT2D eigenvalue weighted by Crippen LogP contribution is -2.07. The van der Waals surface area contributed by atoms with E-state index in [9.17, 15) is 4.79 Å². The van der Waals surface area contributed by atoms with E-state index in [0.29, 0.717) is 31.4 Å². The van der Waals surface area contributed by atoms with Gasteiger partial charge >= 0.3 is 5.97 Å². The van der Waals surface area contributed by atoms with Crippen LogP contribution in [0.15, 0.2) is 78.1 Å². The highest BCUT2D eigenvalue weighted by atomic mass is 16.6. The van der Waals surface area contributed by atoms with Crippen LogP contribution in [0.5, 0.6) is 5.88 Å². The van der Waals surface area contributed by atoms with Crippen molar-refractivity contribution in [3.05, 3.63) is 95.2 Å². The third-order valence-corrected chi connectivity index (χ3v) is 4.41. The van der Waals surface area contributed by atoms with E-state index in [1.807, 2.05) is 60.7 Å². The number of aryl methyl sites for hydroxylation is 1. The summed E-state index contributed by atoms with van der Waals surface area (Å²) in [5, 5.41) is 12.7. The van der Waals surface area contributed by atoms with E-state index < -0.39 is 5.97 Å². The SMILES string of the molecule is CO/N=C(\OCc1ccc(COc2ccc(CCC(=O)O)cn2)cc1)c1ccccc1. The zero-order chi connectivity index (χ0) is 21.9. The number of ether oxygens (including phenoxy) is 2. The maximum absolute atomic E-state index is 10.6. The van der Waals surface area contributed by atoms with E-state index in [4.69, 9.17) is 19.4 Å². The second-order valence-corrected chi connectivity index (χ2v) is 6.74. The Labute approximate surface area is 180 Å². The second kappa shape index (κ2) is 11.3. The average Bonchev–Trinajstić information content (AvgIpc) is 2.81. The van der Waals surface area contributed by atoms with Gasteiger partial charge in [0.25, 0.3) is 5.90 Å². The van der Waals surface area contributed by atoms with Gasteiger partial charge in [0.2, 0.25) is 5.88 Å². The van der Waals surface area contributed by atoms with E-state index in [1.165, 1.54) is 7.11 Å². The molecule has 7 nitrogen and oxygen atoms in total. The van der Waals surface area contributed by atoms with Crippen LogP contribution in [0.4, 0.5) is 0 Å². The van der Waals surface area contributed by atoms with Crippen molar-refractivity contribution < 1.29 is 24.2 Å². The number of oxime groups is 1. The quantitative estimate of drug-likeness (QED) is 0.300. The zero-order valence-corrected chi connectivity index (χ0v) is 17.2. The summed E-state index contributed by atoms with van der Waals surface area (Å²) >= 11 is 0. The fourth-order valence-corrected chi connectivity index (χ4v) is 2.76. The lowest BCUT2D eigenvalue weighted by atomic mass is 10.1. The van der Waals surface area contributed by atoms with Crippen LogP contribution >= 0.6 is 0 Å². The molecule has 0 saturated heterocycles. The van der Waals surface area contributed by atoms with Crippen molar-refractivity contribution in [3.63, 3.8) is 0 Å². The summed E-state index contributed by atoms with van der Waals surface area (Å²) in [5.74, 6) is 0.0968. The number of pyridine rings is 1. The molecule has 0 aliphatic heterocycles. The van der Waals surface area contributed by atoms with Crippen molar-refractivity contribution in [2.45, 2.75) is 26.1 Å². The first-order valence-corrected chi connectivity index (χ1v) is 9.81. The van der Waals surface area contributed by atoms with E-state index >= 15 is 0 Å². The molecule has 160 valence electrons. The van der Waals surface area contributed by atoms with Gasteiger partial charge in [-0.25, -0.2) is 4.98 Å². The largest absolute Gasteiger partial charge is 0.481 e. The number of nitrogens with zero attached hydrogens (tertiary/aromatic N) is 2. The first-order chi connectivity index (χ1) is 15.1. The summed E-state index contributed by atoms with van der Waals surface area (Å²) < 4.78 is 11.5. The Morgan fingerprint density at radius 2 is 1.61 bits per heavy atom. The molecule has 3 rings (SSSR count). The predicted octanol–water partition coefficient (Wildman–Crippen LogP) is 4.20. The van der Waals surface area contributed by atoms with Crippen LogP contribution in [-0.4, -0.2) is 29.1 Å². The van der Waals surface area contributed by atoms with Gasteiger partial charge in [-0.05, 0) is 40.4 Å². The molecule has 7 heteroatoms. The Hall–Kier alpha value is -3.87. The van der Waals surface area contributed by atoms with Gasteiger partial charge in [-0.3, -0.25) is 4.79 Å². The third kappa shape index (κ3) is 7.15. The molecule has 2 aromatic carbocycles. The van der Waals surface area contributed by atoms with Crippen molar-refractivity contribution in [2.75, 3.05) is 7.11 Å². The van der Waals surface area contributed by atoms with E-state index in [0.717, 1.165) is 22.3 Å². The lowest BCUT2D eigenvalue weighted by molar-refractivity contribution is -0.136. The number of benzene rings is 2. The number of carboxylic acid groups (broad SMARTS) is 1. The van der Waals surface area contributed by atoms with Crippen LogP contribution in [-0.2, 0) is 34.0 Å². The molecule has 31 heavy (non-hydrogen) atoms. The molecule has 0 atom stereocenters. The predicted molar refractivity (Wildman–Crippen MR) is 116 cm³/mol. The summed E-state index contributed by atoms with van der Waals surface area (Å²) in [4.78, 5) is 19.7. The van der Waals surface area contributed by atoms with Crippen molar-refractivity contribution in [1.29, 1.82) is 0 Å². The van der Waals surface area contributed by atoms with Gasteiger partial charge in [-0.15, -0.1) is 0 Å². The molecule has 3 aromatic rings. The highest BCUT2D eigenvalue weighted by Crippen LogP contribution is 2.13. The summed E-state index contributed by atoms with van der Waals surface area (Å²) in [5.41, 5.74) is 3.69. The minimum Gasteiger partial charge on any atom is -0.481 e. The summed E-state index contributed by atoms with van der Waals surface area (Å²) in [6, 6.07) is 21.0. The maximum atomic E-state index is 10.6. The van der Waals surface area contributed by atoms with Crippen molar-refractivity contribution in [3.8, 4) is 5.88 Å². The molecular formula is C24H24N2O5. The second-order valence-electron chi connectivity index (χ2n) is 6.74. The van der Waals surface area contributed by atoms with Crippen LogP contribution in [0.2, 0.25) is 0 Å². The Balaban J connectivity index is 1.50. The van der Waals surface area contributed by atoms with Crippen LogP contribution < -0.4 is 4.74 Å². The van der Waals surface area contributed by atoms with Gasteiger partial charge in [0, 0.05) is 24.2 Å². The van der Waals surface area contributed by atoms with Crippen LogP contribution in [0, 0.1) is 0 Å². The fraction of sp³-hybridized carbons (Fsp3) is 0.208.